The lowest BCUT2D eigenvalue weighted by molar-refractivity contribution is 0.415. The summed E-state index contributed by atoms with van der Waals surface area (Å²) in [5, 5.41) is 4.59. The molecule has 0 heterocycles. The van der Waals surface area contributed by atoms with Crippen LogP contribution in [-0.2, 0) is 6.54 Å². The lowest BCUT2D eigenvalue weighted by Crippen LogP contribution is -2.00. The van der Waals surface area contributed by atoms with Crippen LogP contribution in [-0.4, -0.2) is 7.11 Å². The topological polar surface area (TPSA) is 21.3 Å². The standard InChI is InChI=1S/C14H12BrCl2NO/c1-19-13-6-5-9(7-11(13)17)8-18-12-4-2-3-10(16)14(12)15/h2-7,18H,8H2,1H3. The van der Waals surface area contributed by atoms with Gasteiger partial charge in [-0.1, -0.05) is 35.3 Å². The lowest BCUT2D eigenvalue weighted by atomic mass is 10.2. The predicted octanol–water partition coefficient (Wildman–Crippen LogP) is 5.38. The van der Waals surface area contributed by atoms with Crippen molar-refractivity contribution in [3.63, 3.8) is 0 Å². The van der Waals surface area contributed by atoms with Gasteiger partial charge in [-0.05, 0) is 45.8 Å². The first-order chi connectivity index (χ1) is 9.11. The summed E-state index contributed by atoms with van der Waals surface area (Å²) in [6.45, 7) is 0.655. The van der Waals surface area contributed by atoms with Gasteiger partial charge < -0.3 is 10.1 Å². The smallest absolute Gasteiger partial charge is 0.137 e. The maximum atomic E-state index is 6.08. The third kappa shape index (κ3) is 3.56. The van der Waals surface area contributed by atoms with Gasteiger partial charge in [-0.25, -0.2) is 0 Å². The van der Waals surface area contributed by atoms with E-state index in [2.05, 4.69) is 21.2 Å². The van der Waals surface area contributed by atoms with Gasteiger partial charge in [0.05, 0.1) is 27.3 Å². The third-order valence-electron chi connectivity index (χ3n) is 2.65. The van der Waals surface area contributed by atoms with Gasteiger partial charge >= 0.3 is 0 Å². The zero-order valence-electron chi connectivity index (χ0n) is 10.2. The number of nitrogens with one attached hydrogen (secondary N) is 1. The maximum absolute atomic E-state index is 6.08. The number of rotatable bonds is 4. The highest BCUT2D eigenvalue weighted by Gasteiger charge is 2.05. The monoisotopic (exact) mass is 359 g/mol. The van der Waals surface area contributed by atoms with Gasteiger partial charge in [0.25, 0.3) is 0 Å². The van der Waals surface area contributed by atoms with Crippen LogP contribution in [0.5, 0.6) is 5.75 Å². The fourth-order valence-corrected chi connectivity index (χ4v) is 2.52. The Morgan fingerprint density at radius 2 is 1.95 bits per heavy atom. The Kier molecular flexibility index (Phi) is 4.97. The van der Waals surface area contributed by atoms with Gasteiger partial charge in [0, 0.05) is 6.54 Å². The van der Waals surface area contributed by atoms with E-state index in [9.17, 15) is 0 Å². The van der Waals surface area contributed by atoms with Gasteiger partial charge in [-0.2, -0.15) is 0 Å². The summed E-state index contributed by atoms with van der Waals surface area (Å²) in [5.41, 5.74) is 2.01. The van der Waals surface area contributed by atoms with E-state index >= 15 is 0 Å². The summed E-state index contributed by atoms with van der Waals surface area (Å²) in [6.07, 6.45) is 0. The van der Waals surface area contributed by atoms with E-state index in [1.807, 2.05) is 36.4 Å². The summed E-state index contributed by atoms with van der Waals surface area (Å²) >= 11 is 15.6. The molecule has 0 aliphatic carbocycles. The predicted molar refractivity (Wildman–Crippen MR) is 84.5 cm³/mol. The molecule has 0 aromatic heterocycles. The number of benzene rings is 2. The van der Waals surface area contributed by atoms with E-state index in [4.69, 9.17) is 27.9 Å². The molecule has 0 saturated carbocycles. The normalized spacial score (nSPS) is 10.3. The van der Waals surface area contributed by atoms with Crippen LogP contribution in [0.4, 0.5) is 5.69 Å². The number of hydrogen-bond donors (Lipinski definition) is 1. The van der Waals surface area contributed by atoms with Crippen molar-refractivity contribution >= 4 is 44.8 Å². The molecule has 100 valence electrons. The fourth-order valence-electron chi connectivity index (χ4n) is 1.66. The molecule has 19 heavy (non-hydrogen) atoms. The highest BCUT2D eigenvalue weighted by molar-refractivity contribution is 9.10. The van der Waals surface area contributed by atoms with Gasteiger partial charge in [0.2, 0.25) is 0 Å². The molecule has 0 saturated heterocycles. The number of ether oxygens (including phenoxy) is 1. The van der Waals surface area contributed by atoms with Crippen molar-refractivity contribution in [1.82, 2.24) is 0 Å². The maximum Gasteiger partial charge on any atom is 0.137 e. The molecule has 0 atom stereocenters. The quantitative estimate of drug-likeness (QED) is 0.790. The summed E-state index contributed by atoms with van der Waals surface area (Å²) in [6, 6.07) is 11.4. The SMILES string of the molecule is COc1ccc(CNc2cccc(Cl)c2Br)cc1Cl. The number of methoxy groups -OCH3 is 1. The van der Waals surface area contributed by atoms with E-state index in [-0.39, 0.29) is 0 Å². The molecule has 2 rings (SSSR count). The highest BCUT2D eigenvalue weighted by Crippen LogP contribution is 2.31. The molecule has 0 unspecified atom stereocenters. The third-order valence-corrected chi connectivity index (χ3v) is 4.34. The second-order valence-corrected chi connectivity index (χ2v) is 5.53. The van der Waals surface area contributed by atoms with Crippen LogP contribution in [0.3, 0.4) is 0 Å². The fraction of sp³-hybridized carbons (Fsp3) is 0.143. The molecule has 1 N–H and O–H groups in total. The van der Waals surface area contributed by atoms with Crippen LogP contribution in [0.25, 0.3) is 0 Å². The van der Waals surface area contributed by atoms with Crippen molar-refractivity contribution in [2.75, 3.05) is 12.4 Å². The van der Waals surface area contributed by atoms with Crippen LogP contribution in [0.15, 0.2) is 40.9 Å². The highest BCUT2D eigenvalue weighted by atomic mass is 79.9. The minimum Gasteiger partial charge on any atom is -0.495 e. The number of hydrogen-bond acceptors (Lipinski definition) is 2. The van der Waals surface area contributed by atoms with Crippen LogP contribution in [0.2, 0.25) is 10.0 Å². The van der Waals surface area contributed by atoms with Crippen LogP contribution >= 0.6 is 39.1 Å². The molecule has 0 amide bonds. The average molecular weight is 361 g/mol. The second kappa shape index (κ2) is 6.51. The molecular weight excluding hydrogens is 349 g/mol. The van der Waals surface area contributed by atoms with E-state index in [1.165, 1.54) is 0 Å². The van der Waals surface area contributed by atoms with Crippen molar-refractivity contribution < 1.29 is 4.74 Å². The van der Waals surface area contributed by atoms with Gasteiger partial charge in [-0.15, -0.1) is 0 Å². The Balaban J connectivity index is 2.10. The molecule has 5 heteroatoms. The van der Waals surface area contributed by atoms with E-state index < -0.39 is 0 Å². The van der Waals surface area contributed by atoms with Crippen molar-refractivity contribution in [1.29, 1.82) is 0 Å². The zero-order chi connectivity index (χ0) is 13.8. The molecule has 0 aliphatic rings. The Hall–Kier alpha value is -0.900. The van der Waals surface area contributed by atoms with Crippen molar-refractivity contribution in [3.8, 4) is 5.75 Å². The molecule has 0 fully saturated rings. The molecular formula is C14H12BrCl2NO. The molecule has 0 radical (unpaired) electrons. The van der Waals surface area contributed by atoms with Crippen molar-refractivity contribution in [3.05, 3.63) is 56.5 Å². The largest absolute Gasteiger partial charge is 0.495 e. The van der Waals surface area contributed by atoms with E-state index in [0.29, 0.717) is 22.3 Å². The van der Waals surface area contributed by atoms with E-state index in [1.54, 1.807) is 7.11 Å². The Bertz CT molecular complexity index is 590. The minimum atomic E-state index is 0.604. The molecule has 2 nitrogen and oxygen atoms in total. The Morgan fingerprint density at radius 1 is 1.16 bits per heavy atom. The summed E-state index contributed by atoms with van der Waals surface area (Å²) in [4.78, 5) is 0. The van der Waals surface area contributed by atoms with Gasteiger partial charge in [0.1, 0.15) is 5.75 Å². The van der Waals surface area contributed by atoms with Crippen LogP contribution in [0, 0.1) is 0 Å². The first kappa shape index (κ1) is 14.5. The Labute approximate surface area is 130 Å². The number of anilines is 1. The summed E-state index contributed by atoms with van der Waals surface area (Å²) in [7, 11) is 1.60. The summed E-state index contributed by atoms with van der Waals surface area (Å²) in [5.74, 6) is 0.675. The minimum absolute atomic E-state index is 0.604. The molecule has 0 spiro atoms. The van der Waals surface area contributed by atoms with Gasteiger partial charge in [-0.3, -0.25) is 0 Å². The zero-order valence-corrected chi connectivity index (χ0v) is 13.3. The second-order valence-electron chi connectivity index (χ2n) is 3.92. The average Bonchev–Trinajstić information content (AvgIpc) is 2.40. The Morgan fingerprint density at radius 3 is 2.63 bits per heavy atom. The first-order valence-electron chi connectivity index (χ1n) is 5.62. The summed E-state index contributed by atoms with van der Waals surface area (Å²) < 4.78 is 5.98. The first-order valence-corrected chi connectivity index (χ1v) is 7.17. The van der Waals surface area contributed by atoms with Crippen LogP contribution < -0.4 is 10.1 Å². The van der Waals surface area contributed by atoms with Crippen LogP contribution in [0.1, 0.15) is 5.56 Å². The van der Waals surface area contributed by atoms with Gasteiger partial charge in [0.15, 0.2) is 0 Å². The van der Waals surface area contributed by atoms with Crippen molar-refractivity contribution in [2.24, 2.45) is 0 Å². The lowest BCUT2D eigenvalue weighted by Gasteiger charge is -2.11. The van der Waals surface area contributed by atoms with Crippen molar-refractivity contribution in [2.45, 2.75) is 6.54 Å². The number of halogens is 3. The molecule has 2 aromatic carbocycles. The molecule has 0 bridgehead atoms. The van der Waals surface area contributed by atoms with E-state index in [0.717, 1.165) is 15.7 Å². The molecule has 0 aliphatic heterocycles. The molecule has 2 aromatic rings.